The van der Waals surface area contributed by atoms with E-state index in [1.54, 1.807) is 20.9 Å². The van der Waals surface area contributed by atoms with Crippen molar-refractivity contribution in [3.63, 3.8) is 0 Å². The van der Waals surface area contributed by atoms with Gasteiger partial charge in [0.15, 0.2) is 0 Å². The maximum atomic E-state index is 11.1. The zero-order valence-electron chi connectivity index (χ0n) is 10.8. The van der Waals surface area contributed by atoms with E-state index in [4.69, 9.17) is 0 Å². The van der Waals surface area contributed by atoms with Crippen LogP contribution in [0, 0.1) is 23.0 Å². The first kappa shape index (κ1) is 13.6. The number of aromatic nitrogens is 2. The Morgan fingerprint density at radius 3 is 2.29 bits per heavy atom. The summed E-state index contributed by atoms with van der Waals surface area (Å²) >= 11 is 0. The van der Waals surface area contributed by atoms with E-state index in [0.717, 1.165) is 0 Å². The lowest BCUT2D eigenvalue weighted by molar-refractivity contribution is -0.386. The molecule has 6 heteroatoms. The largest absolute Gasteiger partial charge is 0.393 e. The highest BCUT2D eigenvalue weighted by Gasteiger charge is 2.34. The first-order valence-corrected chi connectivity index (χ1v) is 5.63. The molecule has 2 atom stereocenters. The monoisotopic (exact) mass is 241 g/mol. The summed E-state index contributed by atoms with van der Waals surface area (Å²) in [4.78, 5) is 10.7. The minimum atomic E-state index is -0.650. The Bertz CT molecular complexity index is 416. The van der Waals surface area contributed by atoms with Crippen molar-refractivity contribution in [2.75, 3.05) is 0 Å². The molecule has 1 N–H and O–H groups in total. The van der Waals surface area contributed by atoms with Crippen LogP contribution >= 0.6 is 0 Å². The second kappa shape index (κ2) is 4.83. The third kappa shape index (κ3) is 2.46. The van der Waals surface area contributed by atoms with Gasteiger partial charge in [-0.05, 0) is 19.8 Å². The van der Waals surface area contributed by atoms with Gasteiger partial charge in [-0.3, -0.25) is 14.8 Å². The number of rotatable bonds is 4. The van der Waals surface area contributed by atoms with Gasteiger partial charge in [-0.2, -0.15) is 5.10 Å². The third-order valence-corrected chi connectivity index (χ3v) is 2.97. The Kier molecular flexibility index (Phi) is 3.87. The van der Waals surface area contributed by atoms with Crippen LogP contribution in [0.5, 0.6) is 0 Å². The van der Waals surface area contributed by atoms with E-state index in [1.165, 1.54) is 4.68 Å². The molecule has 0 amide bonds. The molecule has 0 spiro atoms. The van der Waals surface area contributed by atoms with E-state index in [2.05, 4.69) is 5.10 Å². The number of aryl methyl sites for hydroxylation is 2. The van der Waals surface area contributed by atoms with Crippen molar-refractivity contribution >= 4 is 5.69 Å². The number of aliphatic hydroxyl groups excluding tert-OH is 1. The second-order valence-electron chi connectivity index (χ2n) is 4.71. The summed E-state index contributed by atoms with van der Waals surface area (Å²) in [7, 11) is 1.67. The van der Waals surface area contributed by atoms with Crippen molar-refractivity contribution in [3.8, 4) is 0 Å². The number of hydrogen-bond donors (Lipinski definition) is 1. The summed E-state index contributed by atoms with van der Waals surface area (Å²) in [6, 6.07) is 0. The minimum Gasteiger partial charge on any atom is -0.393 e. The predicted molar refractivity (Wildman–Crippen MR) is 63.9 cm³/mol. The maximum absolute atomic E-state index is 11.1. The Labute approximate surface area is 100 Å². The van der Waals surface area contributed by atoms with Crippen LogP contribution in [0.25, 0.3) is 0 Å². The highest BCUT2D eigenvalue weighted by Crippen LogP contribution is 2.35. The molecular weight excluding hydrogens is 222 g/mol. The first-order chi connectivity index (χ1) is 7.77. The molecule has 96 valence electrons. The van der Waals surface area contributed by atoms with E-state index in [1.807, 2.05) is 13.8 Å². The molecule has 1 aromatic rings. The number of nitrogens with zero attached hydrogens (tertiary/aromatic N) is 3. The van der Waals surface area contributed by atoms with Crippen molar-refractivity contribution in [1.29, 1.82) is 0 Å². The zero-order valence-corrected chi connectivity index (χ0v) is 10.8. The molecule has 2 unspecified atom stereocenters. The van der Waals surface area contributed by atoms with Crippen LogP contribution in [-0.4, -0.2) is 25.9 Å². The molecule has 0 saturated carbocycles. The van der Waals surface area contributed by atoms with Crippen molar-refractivity contribution in [2.24, 2.45) is 13.0 Å². The normalized spacial score (nSPS) is 15.0. The van der Waals surface area contributed by atoms with E-state index >= 15 is 0 Å². The van der Waals surface area contributed by atoms with Crippen molar-refractivity contribution in [1.82, 2.24) is 9.78 Å². The number of nitro groups is 1. The molecule has 0 bridgehead atoms. The van der Waals surface area contributed by atoms with Gasteiger partial charge in [0.25, 0.3) is 0 Å². The molecule has 1 heterocycles. The molecule has 6 nitrogen and oxygen atoms in total. The zero-order chi connectivity index (χ0) is 13.3. The van der Waals surface area contributed by atoms with Crippen LogP contribution in [0.3, 0.4) is 0 Å². The van der Waals surface area contributed by atoms with Gasteiger partial charge in [-0.15, -0.1) is 0 Å². The van der Waals surface area contributed by atoms with Gasteiger partial charge < -0.3 is 5.11 Å². The summed E-state index contributed by atoms with van der Waals surface area (Å²) in [6.45, 7) is 7.13. The maximum Gasteiger partial charge on any atom is 0.313 e. The Balaban J connectivity index is 3.42. The number of hydrogen-bond acceptors (Lipinski definition) is 4. The molecule has 0 fully saturated rings. The van der Waals surface area contributed by atoms with E-state index in [0.29, 0.717) is 11.4 Å². The molecule has 0 aliphatic carbocycles. The van der Waals surface area contributed by atoms with Crippen LogP contribution in [0.4, 0.5) is 5.69 Å². The van der Waals surface area contributed by atoms with Crippen LogP contribution in [0.1, 0.15) is 38.1 Å². The summed E-state index contributed by atoms with van der Waals surface area (Å²) in [5.41, 5.74) is 0.906. The summed E-state index contributed by atoms with van der Waals surface area (Å²) in [5.74, 6) is -0.190. The molecule has 0 radical (unpaired) electrons. The lowest BCUT2D eigenvalue weighted by Crippen LogP contribution is -2.23. The van der Waals surface area contributed by atoms with Crippen LogP contribution in [0.2, 0.25) is 0 Å². The van der Waals surface area contributed by atoms with Gasteiger partial charge in [-0.1, -0.05) is 13.8 Å². The Hall–Kier alpha value is -1.43. The van der Waals surface area contributed by atoms with E-state index in [-0.39, 0.29) is 17.5 Å². The van der Waals surface area contributed by atoms with Gasteiger partial charge in [0.2, 0.25) is 0 Å². The lowest BCUT2D eigenvalue weighted by atomic mass is 9.87. The standard InChI is InChI=1S/C11H19N3O3/c1-6(2)9(8(4)15)11-10(14(16)17)7(3)12-13(11)5/h6,8-9,15H,1-5H3. The van der Waals surface area contributed by atoms with E-state index in [9.17, 15) is 15.2 Å². The van der Waals surface area contributed by atoms with Crippen molar-refractivity contribution in [3.05, 3.63) is 21.5 Å². The third-order valence-electron chi connectivity index (χ3n) is 2.97. The Morgan fingerprint density at radius 1 is 1.41 bits per heavy atom. The molecule has 0 aliphatic heterocycles. The van der Waals surface area contributed by atoms with Crippen molar-refractivity contribution in [2.45, 2.75) is 39.7 Å². The fraction of sp³-hybridized carbons (Fsp3) is 0.727. The Morgan fingerprint density at radius 2 is 1.94 bits per heavy atom. The molecule has 1 aromatic heterocycles. The van der Waals surface area contributed by atoms with Crippen LogP contribution in [0.15, 0.2) is 0 Å². The van der Waals surface area contributed by atoms with Gasteiger partial charge in [0.05, 0.1) is 11.0 Å². The van der Waals surface area contributed by atoms with Crippen LogP contribution in [-0.2, 0) is 7.05 Å². The smallest absolute Gasteiger partial charge is 0.313 e. The quantitative estimate of drug-likeness (QED) is 0.643. The van der Waals surface area contributed by atoms with Gasteiger partial charge in [0, 0.05) is 13.0 Å². The summed E-state index contributed by atoms with van der Waals surface area (Å²) in [6.07, 6.45) is -0.650. The minimum absolute atomic E-state index is 0.0205. The fourth-order valence-corrected chi connectivity index (χ4v) is 2.37. The average molecular weight is 241 g/mol. The van der Waals surface area contributed by atoms with Gasteiger partial charge in [0.1, 0.15) is 11.4 Å². The molecule has 0 aromatic carbocycles. The molecule has 1 rings (SSSR count). The van der Waals surface area contributed by atoms with Crippen LogP contribution < -0.4 is 0 Å². The molecule has 0 aliphatic rings. The summed E-state index contributed by atoms with van der Waals surface area (Å²) in [5, 5.41) is 25.0. The second-order valence-corrected chi connectivity index (χ2v) is 4.71. The van der Waals surface area contributed by atoms with Crippen molar-refractivity contribution < 1.29 is 10.0 Å². The molecule has 0 saturated heterocycles. The molecular formula is C11H19N3O3. The highest BCUT2D eigenvalue weighted by atomic mass is 16.6. The fourth-order valence-electron chi connectivity index (χ4n) is 2.37. The number of aliphatic hydroxyl groups is 1. The molecule has 17 heavy (non-hydrogen) atoms. The predicted octanol–water partition coefficient (Wildman–Crippen LogP) is 1.76. The topological polar surface area (TPSA) is 81.2 Å². The SMILES string of the molecule is Cc1nn(C)c(C(C(C)C)C(C)O)c1[N+](=O)[O-]. The lowest BCUT2D eigenvalue weighted by Gasteiger charge is -2.23. The highest BCUT2D eigenvalue weighted by molar-refractivity contribution is 5.43. The summed E-state index contributed by atoms with van der Waals surface area (Å²) < 4.78 is 1.50. The van der Waals surface area contributed by atoms with Gasteiger partial charge in [-0.25, -0.2) is 0 Å². The average Bonchev–Trinajstić information content (AvgIpc) is 2.40. The van der Waals surface area contributed by atoms with Gasteiger partial charge >= 0.3 is 5.69 Å². The first-order valence-electron chi connectivity index (χ1n) is 5.63. The van der Waals surface area contributed by atoms with E-state index < -0.39 is 11.0 Å².